The monoisotopic (exact) mass is 352 g/mol. The van der Waals surface area contributed by atoms with Crippen molar-refractivity contribution >= 4 is 11.9 Å². The van der Waals surface area contributed by atoms with Gasteiger partial charge in [0.1, 0.15) is 5.69 Å². The fourth-order valence-electron chi connectivity index (χ4n) is 3.38. The smallest absolute Gasteiger partial charge is 0.270 e. The highest BCUT2D eigenvalue weighted by Crippen LogP contribution is 2.23. The Morgan fingerprint density at radius 2 is 1.96 bits per heavy atom. The molecule has 0 aliphatic carbocycles. The fraction of sp³-hybridized carbons (Fsp3) is 0.476. The summed E-state index contributed by atoms with van der Waals surface area (Å²) in [6.45, 7) is 4.69. The number of anilines is 1. The molecule has 1 fully saturated rings. The molecule has 3 rings (SSSR count). The highest BCUT2D eigenvalue weighted by atomic mass is 16.1. The van der Waals surface area contributed by atoms with Crippen molar-refractivity contribution in [2.24, 2.45) is 5.92 Å². The Labute approximate surface area is 155 Å². The lowest BCUT2D eigenvalue weighted by molar-refractivity contribution is 0.0948. The maximum absolute atomic E-state index is 12.2. The van der Waals surface area contributed by atoms with E-state index in [1.807, 2.05) is 0 Å². The molecule has 1 aliphatic heterocycles. The molecule has 1 amide bonds. The van der Waals surface area contributed by atoms with Crippen molar-refractivity contribution in [3.63, 3.8) is 0 Å². The number of piperidine rings is 1. The van der Waals surface area contributed by atoms with Gasteiger partial charge >= 0.3 is 0 Å². The highest BCUT2D eigenvalue weighted by Gasteiger charge is 2.22. The summed E-state index contributed by atoms with van der Waals surface area (Å²) in [5, 5.41) is 2.92. The van der Waals surface area contributed by atoms with Crippen LogP contribution in [0.1, 0.15) is 48.7 Å². The number of nitrogens with one attached hydrogen (secondary N) is 1. The summed E-state index contributed by atoms with van der Waals surface area (Å²) in [6, 6.07) is 12.4. The molecule has 1 aliphatic rings. The van der Waals surface area contributed by atoms with Crippen LogP contribution in [-0.2, 0) is 6.42 Å². The van der Waals surface area contributed by atoms with Crippen LogP contribution in [0.5, 0.6) is 0 Å². The maximum Gasteiger partial charge on any atom is 0.270 e. The summed E-state index contributed by atoms with van der Waals surface area (Å²) in [5.74, 6) is 1.27. The van der Waals surface area contributed by atoms with Crippen LogP contribution in [0.3, 0.4) is 0 Å². The van der Waals surface area contributed by atoms with Gasteiger partial charge in [-0.25, -0.2) is 9.97 Å². The van der Waals surface area contributed by atoms with E-state index in [0.717, 1.165) is 45.2 Å². The number of hydrogen-bond acceptors (Lipinski definition) is 4. The molecule has 0 radical (unpaired) electrons. The minimum absolute atomic E-state index is 0.110. The van der Waals surface area contributed by atoms with Gasteiger partial charge in [-0.3, -0.25) is 4.79 Å². The molecule has 2 heterocycles. The van der Waals surface area contributed by atoms with Gasteiger partial charge in [0, 0.05) is 25.8 Å². The summed E-state index contributed by atoms with van der Waals surface area (Å²) >= 11 is 0. The molecule has 0 spiro atoms. The second kappa shape index (κ2) is 9.32. The lowest BCUT2D eigenvalue weighted by Gasteiger charge is -2.32. The van der Waals surface area contributed by atoms with Gasteiger partial charge in [-0.1, -0.05) is 43.7 Å². The quantitative estimate of drug-likeness (QED) is 0.775. The van der Waals surface area contributed by atoms with Crippen LogP contribution >= 0.6 is 0 Å². The van der Waals surface area contributed by atoms with Crippen LogP contribution in [0.15, 0.2) is 42.6 Å². The number of rotatable bonds is 7. The molecule has 0 atom stereocenters. The van der Waals surface area contributed by atoms with Gasteiger partial charge in [-0.05, 0) is 43.2 Å². The van der Waals surface area contributed by atoms with E-state index < -0.39 is 0 Å². The highest BCUT2D eigenvalue weighted by molar-refractivity contribution is 5.92. The molecule has 1 saturated heterocycles. The van der Waals surface area contributed by atoms with E-state index in [4.69, 9.17) is 0 Å². The first-order valence-corrected chi connectivity index (χ1v) is 9.66. The molecule has 1 N–H and O–H groups in total. The standard InChI is InChI=1S/C21H28N4O/c1-2-3-12-22-20(26)19-9-13-23-21(24-19)25-14-10-18(11-15-25)16-17-7-5-4-6-8-17/h4-9,13,18H,2-3,10-12,14-16H2,1H3,(H,22,26). The lowest BCUT2D eigenvalue weighted by atomic mass is 9.90. The van der Waals surface area contributed by atoms with Crippen molar-refractivity contribution in [3.8, 4) is 0 Å². The number of unbranched alkanes of at least 4 members (excludes halogenated alkanes) is 1. The predicted octanol–water partition coefficient (Wildman–Crippen LogP) is 3.47. The summed E-state index contributed by atoms with van der Waals surface area (Å²) in [6.07, 6.45) is 7.13. The summed E-state index contributed by atoms with van der Waals surface area (Å²) < 4.78 is 0. The van der Waals surface area contributed by atoms with Crippen LogP contribution in [0.2, 0.25) is 0 Å². The molecule has 0 bridgehead atoms. The van der Waals surface area contributed by atoms with Crippen LogP contribution in [-0.4, -0.2) is 35.5 Å². The number of hydrogen-bond donors (Lipinski definition) is 1. The van der Waals surface area contributed by atoms with E-state index in [1.165, 1.54) is 5.56 Å². The van der Waals surface area contributed by atoms with Gasteiger partial charge in [-0.2, -0.15) is 0 Å². The number of carbonyl (C=O) groups excluding carboxylic acids is 1. The van der Waals surface area contributed by atoms with E-state index in [2.05, 4.69) is 57.4 Å². The molecular formula is C21H28N4O. The molecule has 2 aromatic rings. The van der Waals surface area contributed by atoms with E-state index in [-0.39, 0.29) is 5.91 Å². The van der Waals surface area contributed by atoms with Gasteiger partial charge in [-0.15, -0.1) is 0 Å². The van der Waals surface area contributed by atoms with E-state index in [9.17, 15) is 4.79 Å². The van der Waals surface area contributed by atoms with Crippen LogP contribution < -0.4 is 10.2 Å². The number of aromatic nitrogens is 2. The Balaban J connectivity index is 1.54. The van der Waals surface area contributed by atoms with Crippen LogP contribution in [0, 0.1) is 5.92 Å². The first kappa shape index (κ1) is 18.4. The number of nitrogens with zero attached hydrogens (tertiary/aromatic N) is 3. The second-order valence-corrected chi connectivity index (χ2v) is 6.97. The number of benzene rings is 1. The SMILES string of the molecule is CCCCNC(=O)c1ccnc(N2CCC(Cc3ccccc3)CC2)n1. The Bertz CT molecular complexity index is 696. The maximum atomic E-state index is 12.2. The summed E-state index contributed by atoms with van der Waals surface area (Å²) in [7, 11) is 0. The van der Waals surface area contributed by atoms with Crippen LogP contribution in [0.4, 0.5) is 5.95 Å². The molecule has 5 heteroatoms. The molecule has 5 nitrogen and oxygen atoms in total. The normalized spacial score (nSPS) is 15.0. The minimum Gasteiger partial charge on any atom is -0.351 e. The Morgan fingerprint density at radius 3 is 2.69 bits per heavy atom. The third-order valence-corrected chi connectivity index (χ3v) is 4.96. The van der Waals surface area contributed by atoms with Crippen LogP contribution in [0.25, 0.3) is 0 Å². The van der Waals surface area contributed by atoms with Crippen molar-refractivity contribution in [1.82, 2.24) is 15.3 Å². The zero-order chi connectivity index (χ0) is 18.2. The van der Waals surface area contributed by atoms with Crippen molar-refractivity contribution in [1.29, 1.82) is 0 Å². The van der Waals surface area contributed by atoms with Gasteiger partial charge < -0.3 is 10.2 Å². The van der Waals surface area contributed by atoms with Gasteiger partial charge in [0.2, 0.25) is 5.95 Å². The third-order valence-electron chi connectivity index (χ3n) is 4.96. The van der Waals surface area contributed by atoms with Gasteiger partial charge in [0.05, 0.1) is 0 Å². The molecule has 1 aromatic heterocycles. The zero-order valence-corrected chi connectivity index (χ0v) is 15.5. The van der Waals surface area contributed by atoms with Gasteiger partial charge in [0.15, 0.2) is 0 Å². The number of amides is 1. The molecule has 0 unspecified atom stereocenters. The zero-order valence-electron chi connectivity index (χ0n) is 15.5. The topological polar surface area (TPSA) is 58.1 Å². The second-order valence-electron chi connectivity index (χ2n) is 6.97. The Hall–Kier alpha value is -2.43. The van der Waals surface area contributed by atoms with Crippen molar-refractivity contribution in [2.45, 2.75) is 39.0 Å². The predicted molar refractivity (Wildman–Crippen MR) is 104 cm³/mol. The molecule has 0 saturated carbocycles. The molecule has 26 heavy (non-hydrogen) atoms. The van der Waals surface area contributed by atoms with Crippen molar-refractivity contribution in [3.05, 3.63) is 53.9 Å². The number of carbonyl (C=O) groups is 1. The van der Waals surface area contributed by atoms with E-state index in [1.54, 1.807) is 12.3 Å². The van der Waals surface area contributed by atoms with Crippen molar-refractivity contribution in [2.75, 3.05) is 24.5 Å². The Kier molecular flexibility index (Phi) is 6.58. The molecule has 138 valence electrons. The largest absolute Gasteiger partial charge is 0.351 e. The van der Waals surface area contributed by atoms with Crippen molar-refractivity contribution < 1.29 is 4.79 Å². The molecule has 1 aromatic carbocycles. The van der Waals surface area contributed by atoms with Gasteiger partial charge in [0.25, 0.3) is 5.91 Å². The average molecular weight is 352 g/mol. The fourth-order valence-corrected chi connectivity index (χ4v) is 3.38. The third kappa shape index (κ3) is 5.04. The summed E-state index contributed by atoms with van der Waals surface area (Å²) in [4.78, 5) is 23.3. The average Bonchev–Trinajstić information content (AvgIpc) is 2.69. The minimum atomic E-state index is -0.110. The Morgan fingerprint density at radius 1 is 1.19 bits per heavy atom. The lowest BCUT2D eigenvalue weighted by Crippen LogP contribution is -2.36. The summed E-state index contributed by atoms with van der Waals surface area (Å²) in [5.41, 5.74) is 1.87. The first-order chi connectivity index (χ1) is 12.8. The molecular weight excluding hydrogens is 324 g/mol. The first-order valence-electron chi connectivity index (χ1n) is 9.66. The van der Waals surface area contributed by atoms with E-state index in [0.29, 0.717) is 24.1 Å². The van der Waals surface area contributed by atoms with E-state index >= 15 is 0 Å².